The maximum Gasteiger partial charge on any atom is 0.291 e. The van der Waals surface area contributed by atoms with Crippen LogP contribution < -0.4 is 37.4 Å². The predicted octanol–water partition coefficient (Wildman–Crippen LogP) is 0.529. The van der Waals surface area contributed by atoms with Crippen molar-refractivity contribution in [2.24, 2.45) is 16.2 Å². The molecule has 162 valence electrons. The number of nitrogens with two attached hydrogens (primary N) is 2. The fourth-order valence-corrected chi connectivity index (χ4v) is 2.87. The number of nitrogens with one attached hydrogen (secondary N) is 4. The molecule has 0 aromatic heterocycles. The van der Waals surface area contributed by atoms with Crippen LogP contribution in [0, 0.1) is 5.41 Å². The zero-order valence-corrected chi connectivity index (χ0v) is 16.8. The number of hydrogen-bond acceptors (Lipinski definition) is 8. The minimum atomic E-state index is -1.03. The van der Waals surface area contributed by atoms with E-state index in [1.165, 1.54) is 11.9 Å². The first-order chi connectivity index (χ1) is 14.9. The Morgan fingerprint density at radius 3 is 2.77 bits per heavy atom. The van der Waals surface area contributed by atoms with Gasteiger partial charge in [-0.05, 0) is 11.6 Å². The van der Waals surface area contributed by atoms with Crippen LogP contribution in [0.3, 0.4) is 0 Å². The van der Waals surface area contributed by atoms with Gasteiger partial charge in [-0.3, -0.25) is 26.3 Å². The van der Waals surface area contributed by atoms with Crippen LogP contribution in [0.25, 0.3) is 0 Å². The number of hydrazine groups is 1. The summed E-state index contributed by atoms with van der Waals surface area (Å²) in [6.07, 6.45) is 0. The van der Waals surface area contributed by atoms with Crippen molar-refractivity contribution in [2.45, 2.75) is 12.6 Å². The number of benzene rings is 2. The molecule has 0 bridgehead atoms. The third kappa shape index (κ3) is 5.05. The smallest absolute Gasteiger partial charge is 0.291 e. The van der Waals surface area contributed by atoms with Crippen molar-refractivity contribution in [3.63, 3.8) is 0 Å². The summed E-state index contributed by atoms with van der Waals surface area (Å²) in [5.74, 6) is 3.83. The van der Waals surface area contributed by atoms with E-state index in [2.05, 4.69) is 26.5 Å². The van der Waals surface area contributed by atoms with E-state index in [1.807, 2.05) is 30.3 Å². The van der Waals surface area contributed by atoms with Crippen molar-refractivity contribution >= 4 is 34.7 Å². The van der Waals surface area contributed by atoms with Gasteiger partial charge >= 0.3 is 0 Å². The van der Waals surface area contributed by atoms with E-state index in [0.717, 1.165) is 5.56 Å². The van der Waals surface area contributed by atoms with Crippen molar-refractivity contribution in [3.8, 4) is 5.75 Å². The second-order valence-electron chi connectivity index (χ2n) is 6.65. The number of amidine groups is 1. The minimum absolute atomic E-state index is 0.146. The maximum absolute atomic E-state index is 12.8. The second kappa shape index (κ2) is 9.54. The van der Waals surface area contributed by atoms with Crippen LogP contribution in [0.1, 0.15) is 5.56 Å². The number of fused-ring (bicyclic) bond motifs is 1. The fraction of sp³-hybridized carbons (Fsp3) is 0.211. The van der Waals surface area contributed by atoms with Crippen molar-refractivity contribution in [1.29, 1.82) is 5.41 Å². The van der Waals surface area contributed by atoms with Gasteiger partial charge in [0.2, 0.25) is 5.84 Å². The van der Waals surface area contributed by atoms with E-state index in [9.17, 15) is 9.59 Å². The van der Waals surface area contributed by atoms with E-state index in [0.29, 0.717) is 29.4 Å². The molecule has 2 aromatic rings. The molecule has 0 saturated carbocycles. The van der Waals surface area contributed by atoms with Crippen molar-refractivity contribution in [2.75, 3.05) is 29.7 Å². The Hall–Kier alpha value is -4.19. The Balaban J connectivity index is 1.60. The largest absolute Gasteiger partial charge is 0.489 e. The lowest BCUT2D eigenvalue weighted by Crippen LogP contribution is -2.50. The van der Waals surface area contributed by atoms with Crippen LogP contribution in [-0.4, -0.2) is 37.3 Å². The molecule has 1 unspecified atom stereocenters. The van der Waals surface area contributed by atoms with E-state index < -0.39 is 23.7 Å². The number of hydrogen-bond donors (Lipinski definition) is 6. The number of ether oxygens (including phenoxy) is 1. The van der Waals surface area contributed by atoms with E-state index >= 15 is 0 Å². The summed E-state index contributed by atoms with van der Waals surface area (Å²) in [6, 6.07) is 11.5. The Kier molecular flexibility index (Phi) is 6.62. The van der Waals surface area contributed by atoms with Gasteiger partial charge < -0.3 is 26.1 Å². The standard InChI is InChI=1S/C19H23N9O3/c1-28-15-7-12(20)13(25-22)8-16(15)31-10-14(19(28)30)24-18(29)17(21)26-27-23-9-11-5-3-2-4-6-11/h2-8,14,25H,9-10,20,22H2,1H3,(H,24,29)(H2,21,23,26). The summed E-state index contributed by atoms with van der Waals surface area (Å²) >= 11 is 0. The molecule has 3 rings (SSSR count). The van der Waals surface area contributed by atoms with Crippen LogP contribution in [0.5, 0.6) is 5.75 Å². The molecule has 1 aliphatic rings. The molecule has 8 N–H and O–H groups in total. The Morgan fingerprint density at radius 1 is 1.32 bits per heavy atom. The SMILES string of the molecule is CN1C(=O)C(NC(=O)C(=N)/N=N\NCc2ccccc2)COc2cc(NN)c(N)cc21. The lowest BCUT2D eigenvalue weighted by molar-refractivity contribution is -0.124. The van der Waals surface area contributed by atoms with Crippen LogP contribution >= 0.6 is 0 Å². The summed E-state index contributed by atoms with van der Waals surface area (Å²) in [4.78, 5) is 26.4. The van der Waals surface area contributed by atoms with Gasteiger partial charge in [0.1, 0.15) is 18.4 Å². The Morgan fingerprint density at radius 2 is 2.06 bits per heavy atom. The zero-order chi connectivity index (χ0) is 22.4. The van der Waals surface area contributed by atoms with Crippen LogP contribution in [0.15, 0.2) is 52.8 Å². The van der Waals surface area contributed by atoms with Gasteiger partial charge in [-0.2, -0.15) is 0 Å². The number of nitrogen functional groups attached to an aromatic ring is 2. The molecule has 1 aliphatic heterocycles. The highest BCUT2D eigenvalue weighted by Gasteiger charge is 2.32. The number of carbonyl (C=O) groups excluding carboxylic acids is 2. The van der Waals surface area contributed by atoms with Gasteiger partial charge in [-0.15, -0.1) is 5.11 Å². The number of amides is 2. The molecular formula is C19H23N9O3. The van der Waals surface area contributed by atoms with Crippen molar-refractivity contribution < 1.29 is 14.3 Å². The van der Waals surface area contributed by atoms with Gasteiger partial charge in [-0.1, -0.05) is 35.6 Å². The monoisotopic (exact) mass is 425 g/mol. The number of rotatable bonds is 5. The van der Waals surface area contributed by atoms with E-state index in [1.54, 1.807) is 12.1 Å². The first kappa shape index (κ1) is 21.5. The van der Waals surface area contributed by atoms with E-state index in [4.69, 9.17) is 21.7 Å². The highest BCUT2D eigenvalue weighted by Crippen LogP contribution is 2.36. The van der Waals surface area contributed by atoms with Crippen molar-refractivity contribution in [3.05, 3.63) is 48.0 Å². The minimum Gasteiger partial charge on any atom is -0.489 e. The topological polar surface area (TPSA) is 183 Å². The van der Waals surface area contributed by atoms with E-state index in [-0.39, 0.29) is 6.61 Å². The second-order valence-corrected chi connectivity index (χ2v) is 6.65. The number of nitrogens with zero attached hydrogens (tertiary/aromatic N) is 3. The molecule has 0 spiro atoms. The highest BCUT2D eigenvalue weighted by atomic mass is 16.5. The van der Waals surface area contributed by atoms with Crippen LogP contribution in [0.4, 0.5) is 17.1 Å². The van der Waals surface area contributed by atoms with Crippen molar-refractivity contribution in [1.82, 2.24) is 10.7 Å². The first-order valence-corrected chi connectivity index (χ1v) is 9.28. The average Bonchev–Trinajstić information content (AvgIpc) is 2.89. The molecule has 12 nitrogen and oxygen atoms in total. The molecule has 12 heteroatoms. The summed E-state index contributed by atoms with van der Waals surface area (Å²) < 4.78 is 5.66. The number of carbonyl (C=O) groups is 2. The van der Waals surface area contributed by atoms with Gasteiger partial charge in [0, 0.05) is 13.1 Å². The molecule has 1 heterocycles. The summed E-state index contributed by atoms with van der Waals surface area (Å²) in [7, 11) is 1.53. The lowest BCUT2D eigenvalue weighted by atomic mass is 10.2. The molecular weight excluding hydrogens is 402 g/mol. The summed E-state index contributed by atoms with van der Waals surface area (Å²) in [6.45, 7) is 0.243. The molecule has 2 aromatic carbocycles. The quantitative estimate of drug-likeness (QED) is 0.101. The Labute approximate surface area is 178 Å². The molecule has 31 heavy (non-hydrogen) atoms. The molecule has 1 atom stereocenters. The fourth-order valence-electron chi connectivity index (χ4n) is 2.87. The molecule has 0 saturated heterocycles. The van der Waals surface area contributed by atoms with Gasteiger partial charge in [0.25, 0.3) is 11.8 Å². The molecule has 0 aliphatic carbocycles. The molecule has 0 radical (unpaired) electrons. The molecule has 0 fully saturated rings. The maximum atomic E-state index is 12.8. The van der Waals surface area contributed by atoms with Crippen LogP contribution in [-0.2, 0) is 16.1 Å². The highest BCUT2D eigenvalue weighted by molar-refractivity contribution is 6.37. The number of anilines is 3. The number of likely N-dealkylation sites (N-methyl/N-ethyl adjacent to an activating group) is 1. The molecule has 2 amide bonds. The van der Waals surface area contributed by atoms with Gasteiger partial charge in [0.05, 0.1) is 23.6 Å². The predicted molar refractivity (Wildman–Crippen MR) is 115 cm³/mol. The summed E-state index contributed by atoms with van der Waals surface area (Å²) in [5.41, 5.74) is 13.2. The third-order valence-corrected chi connectivity index (χ3v) is 4.55. The first-order valence-electron chi connectivity index (χ1n) is 9.28. The average molecular weight is 425 g/mol. The van der Waals surface area contributed by atoms with Gasteiger partial charge in [0.15, 0.2) is 0 Å². The van der Waals surface area contributed by atoms with Gasteiger partial charge in [-0.25, -0.2) is 0 Å². The zero-order valence-electron chi connectivity index (χ0n) is 16.8. The lowest BCUT2D eigenvalue weighted by Gasteiger charge is -2.20. The third-order valence-electron chi connectivity index (χ3n) is 4.55. The van der Waals surface area contributed by atoms with Crippen LogP contribution in [0.2, 0.25) is 0 Å². The normalized spacial score (nSPS) is 15.6. The Bertz CT molecular complexity index is 1010. The summed E-state index contributed by atoms with van der Waals surface area (Å²) in [5, 5.41) is 17.4.